The molecule has 3 aromatic heterocycles. The number of nitrogens with zero attached hydrogens (tertiary/aromatic N) is 7. The topological polar surface area (TPSA) is 154 Å². The van der Waals surface area contributed by atoms with E-state index in [0.29, 0.717) is 37.4 Å². The quantitative estimate of drug-likeness (QED) is 0.177. The van der Waals surface area contributed by atoms with E-state index in [1.54, 1.807) is 20.4 Å². The molecule has 6 heterocycles. The predicted molar refractivity (Wildman–Crippen MR) is 312 cm³/mol. The number of aromatic nitrogens is 3. The molecular formula is C48H79N9O6S7. The summed E-state index contributed by atoms with van der Waals surface area (Å²) in [5.74, 6) is -1.52. The number of esters is 1. The molecule has 70 heavy (non-hydrogen) atoms. The van der Waals surface area contributed by atoms with Crippen LogP contribution in [0.15, 0.2) is 41.9 Å². The Balaban J connectivity index is 0.00000408. The third kappa shape index (κ3) is 13.9. The zero-order chi connectivity index (χ0) is 46.2. The number of ether oxygens (including phenoxy) is 2. The average molecular weight is 1100 g/mol. The Morgan fingerprint density at radius 2 is 1.71 bits per heavy atom. The highest BCUT2D eigenvalue weighted by molar-refractivity contribution is 7.60. The molecule has 3 aliphatic heterocycles. The molecule has 0 radical (unpaired) electrons. The number of carbonyl (C=O) groups excluding carboxylic acids is 4. The average Bonchev–Trinajstić information content (AvgIpc) is 3.85. The van der Waals surface area contributed by atoms with Crippen LogP contribution in [0, 0.1) is 11.3 Å². The number of thiazole rings is 1. The fourth-order valence-electron chi connectivity index (χ4n) is 10.0. The Labute approximate surface area is 461 Å². The number of likely N-dealkylation sites (N-methyl/N-ethyl adjacent to an activating group) is 2. The number of hydrazine groups is 1. The molecule has 1 aromatic carbocycles. The first kappa shape index (κ1) is 65.2. The van der Waals surface area contributed by atoms with E-state index in [-0.39, 0.29) is 130 Å². The molecule has 4 aromatic rings. The summed E-state index contributed by atoms with van der Waals surface area (Å²) in [5.41, 5.74) is 9.40. The van der Waals surface area contributed by atoms with Gasteiger partial charge in [-0.15, -0.1) is 11.3 Å². The molecule has 15 nitrogen and oxygen atoms in total. The van der Waals surface area contributed by atoms with E-state index in [9.17, 15) is 19.2 Å². The van der Waals surface area contributed by atoms with Crippen LogP contribution in [0.1, 0.15) is 90.6 Å². The van der Waals surface area contributed by atoms with Gasteiger partial charge in [0.05, 0.1) is 34.8 Å². The van der Waals surface area contributed by atoms with Gasteiger partial charge in [0, 0.05) is 97.9 Å². The largest absolute Gasteiger partial charge is 0.464 e. The summed E-state index contributed by atoms with van der Waals surface area (Å²) in [5, 5.41) is 8.24. The van der Waals surface area contributed by atoms with E-state index < -0.39 is 35.4 Å². The van der Waals surface area contributed by atoms with Crippen LogP contribution in [0.25, 0.3) is 33.4 Å². The number of hydrogen-bond donors (Lipinski definition) is 2. The van der Waals surface area contributed by atoms with Gasteiger partial charge in [-0.25, -0.2) is 15.2 Å². The number of benzene rings is 1. The SMILES string of the molecule is CCn1c(-c2cccnc2[C@H](C)OC)c2c3cc(ccc31)-c1csc(n1)C[C@H](NC(=O)[C@H](C(C)C)N(C)C(=O)N1[C@@H](C)CN(C)C[C@@H]1C)C(=O)N1CCC[C@H](N1)C(=O)OCC(C)(C)C2.S.S.S.S.S.S. The number of rotatable bonds is 8. The summed E-state index contributed by atoms with van der Waals surface area (Å²) in [7, 11) is 5.41. The Hall–Kier alpha value is -2.80. The number of pyridine rings is 1. The molecule has 2 N–H and O–H groups in total. The third-order valence-electron chi connectivity index (χ3n) is 13.1. The maximum Gasteiger partial charge on any atom is 0.324 e. The van der Waals surface area contributed by atoms with Gasteiger partial charge in [-0.3, -0.25) is 24.4 Å². The lowest BCUT2D eigenvalue weighted by atomic mass is 9.84. The van der Waals surface area contributed by atoms with Crippen molar-refractivity contribution in [2.24, 2.45) is 11.3 Å². The van der Waals surface area contributed by atoms with Crippen molar-refractivity contribution in [1.82, 2.24) is 45.0 Å². The van der Waals surface area contributed by atoms with Gasteiger partial charge in [0.15, 0.2) is 0 Å². The fraction of sp³-hybridized carbons (Fsp3) is 0.583. The van der Waals surface area contributed by atoms with E-state index in [0.717, 1.165) is 57.8 Å². The molecule has 0 unspecified atom stereocenters. The zero-order valence-corrected chi connectivity index (χ0v) is 49.3. The highest BCUT2D eigenvalue weighted by Crippen LogP contribution is 2.42. The Bertz CT molecular complexity index is 2370. The van der Waals surface area contributed by atoms with Crippen molar-refractivity contribution < 1.29 is 28.7 Å². The number of carbonyl (C=O) groups is 4. The maximum absolute atomic E-state index is 14.6. The van der Waals surface area contributed by atoms with Crippen molar-refractivity contribution in [3.05, 3.63) is 58.2 Å². The highest BCUT2D eigenvalue weighted by atomic mass is 32.1. The molecule has 22 heteroatoms. The third-order valence-corrected chi connectivity index (χ3v) is 14.0. The first-order valence-corrected chi connectivity index (χ1v) is 23.7. The number of fused-ring (bicyclic) bond motifs is 6. The summed E-state index contributed by atoms with van der Waals surface area (Å²) in [6.07, 6.45) is 3.30. The molecule has 2 fully saturated rings. The number of urea groups is 1. The second-order valence-electron chi connectivity index (χ2n) is 19.2. The van der Waals surface area contributed by atoms with Gasteiger partial charge in [0.1, 0.15) is 18.1 Å². The van der Waals surface area contributed by atoms with Gasteiger partial charge in [-0.05, 0) is 89.8 Å². The predicted octanol–water partition coefficient (Wildman–Crippen LogP) is 6.98. The summed E-state index contributed by atoms with van der Waals surface area (Å²) >= 11 is 1.43. The van der Waals surface area contributed by atoms with Crippen molar-refractivity contribution in [1.29, 1.82) is 0 Å². The Morgan fingerprint density at radius 3 is 2.34 bits per heavy atom. The molecule has 6 atom stereocenters. The Morgan fingerprint density at radius 1 is 1.04 bits per heavy atom. The van der Waals surface area contributed by atoms with Gasteiger partial charge in [0.25, 0.3) is 5.91 Å². The Kier molecular flexibility index (Phi) is 25.6. The lowest BCUT2D eigenvalue weighted by Crippen LogP contribution is -2.64. The second-order valence-corrected chi connectivity index (χ2v) is 20.1. The van der Waals surface area contributed by atoms with Gasteiger partial charge in [0.2, 0.25) is 5.91 Å². The van der Waals surface area contributed by atoms with Crippen LogP contribution < -0.4 is 10.7 Å². The van der Waals surface area contributed by atoms with Crippen LogP contribution in [0.5, 0.6) is 0 Å². The first-order chi connectivity index (χ1) is 30.4. The maximum atomic E-state index is 14.6. The van der Waals surface area contributed by atoms with Crippen LogP contribution in [0.3, 0.4) is 0 Å². The number of aryl methyl sites for hydroxylation is 1. The van der Waals surface area contributed by atoms with E-state index in [1.807, 2.05) is 58.0 Å². The monoisotopic (exact) mass is 1100 g/mol. The highest BCUT2D eigenvalue weighted by Gasteiger charge is 2.41. The standard InChI is InChI=1S/C48H67N9O6S.6H2S/c1-12-55-39-18-17-32-21-34(39)35(43(55)33-15-13-19-49-41(33)31(6)62-11)23-48(7,8)27-63-46(60)36-16-14-20-56(52-36)45(59)37(22-40-50-38(32)26-64-40)51-44(58)42(28(2)3)54(10)47(61)57-29(4)24-53(9)25-30(57)5;;;;;;/h13,15,17-19,21,26,28-31,36-37,42,52H,12,14,16,20,22-25,27H2,1-11H3,(H,51,58);6*1H2/t29-,30-,31-,36-,37-,42-;;;;;;/m0....../s1. The number of cyclic esters (lactones) is 1. The van der Waals surface area contributed by atoms with Crippen molar-refractivity contribution in [2.45, 2.75) is 124 Å². The minimum absolute atomic E-state index is 0. The van der Waals surface area contributed by atoms with Crippen molar-refractivity contribution in [2.75, 3.05) is 47.4 Å². The normalized spacial score (nSPS) is 21.1. The molecule has 0 saturated carbocycles. The van der Waals surface area contributed by atoms with Crippen LogP contribution >= 0.6 is 92.3 Å². The number of hydrogen-bond acceptors (Lipinski definition) is 11. The van der Waals surface area contributed by atoms with Gasteiger partial charge >= 0.3 is 12.0 Å². The van der Waals surface area contributed by atoms with Crippen molar-refractivity contribution in [3.63, 3.8) is 0 Å². The molecule has 4 amide bonds. The molecular weight excluding hydrogens is 1020 g/mol. The van der Waals surface area contributed by atoms with E-state index in [2.05, 4.69) is 65.2 Å². The zero-order valence-electron chi connectivity index (χ0n) is 42.4. The molecule has 3 aliphatic rings. The first-order valence-electron chi connectivity index (χ1n) is 22.8. The fourth-order valence-corrected chi connectivity index (χ4v) is 10.9. The summed E-state index contributed by atoms with van der Waals surface area (Å²) < 4.78 is 14.3. The number of amides is 4. The number of methoxy groups -OCH3 is 1. The van der Waals surface area contributed by atoms with Crippen LogP contribution in [0.2, 0.25) is 0 Å². The second kappa shape index (κ2) is 27.5. The summed E-state index contributed by atoms with van der Waals surface area (Å²) in [4.78, 5) is 72.7. The molecule has 0 aliphatic carbocycles. The summed E-state index contributed by atoms with van der Waals surface area (Å²) in [6.45, 7) is 18.9. The smallest absolute Gasteiger partial charge is 0.324 e. The van der Waals surface area contributed by atoms with Gasteiger partial charge in [-0.1, -0.05) is 33.8 Å². The number of nitrogens with one attached hydrogen (secondary N) is 2. The molecule has 394 valence electrons. The van der Waals surface area contributed by atoms with Crippen LogP contribution in [-0.4, -0.2) is 136 Å². The van der Waals surface area contributed by atoms with Crippen molar-refractivity contribution >= 4 is 127 Å². The molecule has 7 rings (SSSR count). The van der Waals surface area contributed by atoms with Crippen LogP contribution in [0.4, 0.5) is 4.79 Å². The minimum atomic E-state index is -1.05. The lowest BCUT2D eigenvalue weighted by molar-refractivity contribution is -0.155. The van der Waals surface area contributed by atoms with Gasteiger partial charge in [-0.2, -0.15) is 81.0 Å². The summed E-state index contributed by atoms with van der Waals surface area (Å²) in [6, 6.07) is 7.49. The van der Waals surface area contributed by atoms with Crippen LogP contribution in [-0.2, 0) is 43.2 Å². The molecule has 2 saturated heterocycles. The van der Waals surface area contributed by atoms with Gasteiger partial charge < -0.3 is 34.1 Å². The van der Waals surface area contributed by atoms with E-state index in [4.69, 9.17) is 19.4 Å². The lowest BCUT2D eigenvalue weighted by Gasteiger charge is -2.46. The number of piperazine rings is 1. The minimum Gasteiger partial charge on any atom is -0.464 e. The molecule has 0 spiro atoms. The van der Waals surface area contributed by atoms with Crippen molar-refractivity contribution in [3.8, 4) is 22.5 Å². The molecule has 6 bridgehead atoms. The van der Waals surface area contributed by atoms with E-state index >= 15 is 0 Å². The van der Waals surface area contributed by atoms with E-state index in [1.165, 1.54) is 21.2 Å².